The SMILES string of the molecule is CN(CC(=O)O)C(=O)C(C)(C)c1ccc2c(c1)nc(Cc1ccc(C(=N)N)cc1)c(=O)n2C. The summed E-state index contributed by atoms with van der Waals surface area (Å²) in [5.74, 6) is -1.45. The third-order valence-corrected chi connectivity index (χ3v) is 5.76. The summed E-state index contributed by atoms with van der Waals surface area (Å²) in [5.41, 5.74) is 7.95. The minimum absolute atomic E-state index is 0.0278. The molecule has 9 nitrogen and oxygen atoms in total. The summed E-state index contributed by atoms with van der Waals surface area (Å²) in [5, 5.41) is 16.5. The molecule has 1 aromatic heterocycles. The summed E-state index contributed by atoms with van der Waals surface area (Å²) in [4.78, 5) is 42.6. The van der Waals surface area contributed by atoms with Crippen molar-refractivity contribution in [1.82, 2.24) is 14.5 Å². The number of nitrogens with one attached hydrogen (secondary N) is 1. The molecule has 172 valence electrons. The Kier molecular flexibility index (Phi) is 6.34. The number of benzene rings is 2. The minimum atomic E-state index is -1.09. The molecule has 0 fully saturated rings. The van der Waals surface area contributed by atoms with Gasteiger partial charge in [0.1, 0.15) is 18.1 Å². The molecule has 0 saturated carbocycles. The van der Waals surface area contributed by atoms with Crippen molar-refractivity contribution < 1.29 is 14.7 Å². The van der Waals surface area contributed by atoms with Gasteiger partial charge in [-0.3, -0.25) is 19.8 Å². The predicted octanol–water partition coefficient (Wildman–Crippen LogP) is 1.63. The molecule has 0 aliphatic carbocycles. The number of fused-ring (bicyclic) bond motifs is 1. The van der Waals surface area contributed by atoms with Crippen LogP contribution < -0.4 is 11.3 Å². The van der Waals surface area contributed by atoms with Crippen LogP contribution >= 0.6 is 0 Å². The van der Waals surface area contributed by atoms with Crippen LogP contribution in [0.4, 0.5) is 0 Å². The molecule has 3 rings (SSSR count). The zero-order valence-electron chi connectivity index (χ0n) is 19.0. The number of nitrogens with two attached hydrogens (primary N) is 1. The normalized spacial score (nSPS) is 11.4. The molecule has 4 N–H and O–H groups in total. The lowest BCUT2D eigenvalue weighted by Crippen LogP contribution is -2.43. The van der Waals surface area contributed by atoms with Gasteiger partial charge >= 0.3 is 5.97 Å². The first kappa shape index (κ1) is 23.6. The zero-order valence-corrected chi connectivity index (χ0v) is 19.0. The van der Waals surface area contributed by atoms with Gasteiger partial charge in [-0.2, -0.15) is 0 Å². The second-order valence-corrected chi connectivity index (χ2v) is 8.59. The molecule has 33 heavy (non-hydrogen) atoms. The van der Waals surface area contributed by atoms with Crippen LogP contribution in [0.25, 0.3) is 11.0 Å². The molecule has 0 bridgehead atoms. The van der Waals surface area contributed by atoms with Gasteiger partial charge in [0.05, 0.1) is 16.4 Å². The van der Waals surface area contributed by atoms with Crippen LogP contribution in [0.1, 0.15) is 36.2 Å². The number of carbonyl (C=O) groups is 2. The molecule has 0 spiro atoms. The van der Waals surface area contributed by atoms with Crippen LogP contribution in [0, 0.1) is 5.41 Å². The molecule has 0 aliphatic heterocycles. The van der Waals surface area contributed by atoms with E-state index in [1.165, 1.54) is 16.5 Å². The first-order chi connectivity index (χ1) is 15.4. The molecule has 9 heteroatoms. The molecule has 2 aromatic carbocycles. The van der Waals surface area contributed by atoms with Crippen LogP contribution in [0.3, 0.4) is 0 Å². The van der Waals surface area contributed by atoms with Gasteiger partial charge in [-0.05, 0) is 37.1 Å². The Bertz CT molecular complexity index is 1310. The highest BCUT2D eigenvalue weighted by atomic mass is 16.4. The number of rotatable bonds is 7. The third kappa shape index (κ3) is 4.77. The van der Waals surface area contributed by atoms with Crippen LogP contribution in [0.15, 0.2) is 47.3 Å². The number of carboxylic acid groups (broad SMARTS) is 1. The molecule has 0 radical (unpaired) electrons. The molecule has 0 atom stereocenters. The highest BCUT2D eigenvalue weighted by Crippen LogP contribution is 2.28. The molecule has 0 saturated heterocycles. The van der Waals surface area contributed by atoms with Gasteiger partial charge in [0.2, 0.25) is 5.91 Å². The average molecular weight is 450 g/mol. The molecule has 3 aromatic rings. The van der Waals surface area contributed by atoms with Crippen molar-refractivity contribution in [2.45, 2.75) is 25.7 Å². The third-order valence-electron chi connectivity index (χ3n) is 5.76. The number of amides is 1. The number of carboxylic acids is 1. The molecule has 0 aliphatic rings. The van der Waals surface area contributed by atoms with Crippen molar-refractivity contribution in [1.29, 1.82) is 5.41 Å². The van der Waals surface area contributed by atoms with Crippen molar-refractivity contribution >= 4 is 28.7 Å². The van der Waals surface area contributed by atoms with E-state index in [4.69, 9.17) is 16.2 Å². The van der Waals surface area contributed by atoms with E-state index in [9.17, 15) is 14.4 Å². The number of nitrogens with zero attached hydrogens (tertiary/aromatic N) is 3. The maximum Gasteiger partial charge on any atom is 0.323 e. The Morgan fingerprint density at radius 3 is 2.39 bits per heavy atom. The van der Waals surface area contributed by atoms with Crippen LogP contribution in [0.2, 0.25) is 0 Å². The number of aryl methyl sites for hydroxylation is 1. The smallest absolute Gasteiger partial charge is 0.323 e. The summed E-state index contributed by atoms with van der Waals surface area (Å²) >= 11 is 0. The number of likely N-dealkylation sites (N-methyl/N-ethyl adjacent to an activating group) is 1. The summed E-state index contributed by atoms with van der Waals surface area (Å²) in [6.45, 7) is 3.07. The van der Waals surface area contributed by atoms with Gasteiger partial charge < -0.3 is 20.3 Å². The molecule has 1 heterocycles. The average Bonchev–Trinajstić information content (AvgIpc) is 2.76. The van der Waals surface area contributed by atoms with Crippen molar-refractivity contribution in [3.8, 4) is 0 Å². The lowest BCUT2D eigenvalue weighted by Gasteiger charge is -2.29. The fourth-order valence-electron chi connectivity index (χ4n) is 3.77. The molecular formula is C24H27N5O4. The maximum absolute atomic E-state index is 12.9. The second kappa shape index (κ2) is 8.85. The van der Waals surface area contributed by atoms with Crippen LogP contribution in [-0.4, -0.2) is 50.9 Å². The van der Waals surface area contributed by atoms with Gasteiger partial charge in [0.25, 0.3) is 5.56 Å². The summed E-state index contributed by atoms with van der Waals surface area (Å²) in [6, 6.07) is 12.3. The number of aliphatic carboxylic acids is 1. The highest BCUT2D eigenvalue weighted by Gasteiger charge is 2.33. The van der Waals surface area contributed by atoms with E-state index >= 15 is 0 Å². The topological polar surface area (TPSA) is 142 Å². The van der Waals surface area contributed by atoms with Crippen molar-refractivity contribution in [3.63, 3.8) is 0 Å². The zero-order chi connectivity index (χ0) is 24.5. The van der Waals surface area contributed by atoms with Crippen LogP contribution in [0.5, 0.6) is 0 Å². The lowest BCUT2D eigenvalue weighted by molar-refractivity contribution is -0.145. The first-order valence-electron chi connectivity index (χ1n) is 10.3. The Balaban J connectivity index is 2.01. The van der Waals surface area contributed by atoms with E-state index in [1.807, 2.05) is 0 Å². The number of aromatic nitrogens is 2. The summed E-state index contributed by atoms with van der Waals surface area (Å²) in [6.07, 6.45) is 0.300. The van der Waals surface area contributed by atoms with Crippen LogP contribution in [-0.2, 0) is 28.5 Å². The maximum atomic E-state index is 12.9. The standard InChI is InChI=1S/C24H27N5O4/c1-24(2,23(33)28(3)13-20(30)31)16-9-10-19-17(12-16)27-18(22(32)29(19)4)11-14-5-7-15(8-6-14)21(25)26/h5-10,12H,11,13H2,1-4H3,(H3,25,26)(H,30,31). The van der Waals surface area contributed by atoms with E-state index in [0.29, 0.717) is 34.3 Å². The van der Waals surface area contributed by atoms with E-state index in [0.717, 1.165) is 5.56 Å². The Labute approximate surface area is 191 Å². The number of hydrogen-bond donors (Lipinski definition) is 3. The minimum Gasteiger partial charge on any atom is -0.480 e. The van der Waals surface area contributed by atoms with Gasteiger partial charge in [-0.15, -0.1) is 0 Å². The lowest BCUT2D eigenvalue weighted by atomic mass is 9.83. The monoisotopic (exact) mass is 449 g/mol. The van der Waals surface area contributed by atoms with E-state index in [1.54, 1.807) is 63.4 Å². The van der Waals surface area contributed by atoms with Crippen molar-refractivity contribution in [3.05, 3.63) is 75.2 Å². The molecule has 1 amide bonds. The quantitative estimate of drug-likeness (QED) is 0.370. The van der Waals surface area contributed by atoms with E-state index in [2.05, 4.69) is 4.98 Å². The highest BCUT2D eigenvalue weighted by molar-refractivity contribution is 5.95. The van der Waals surface area contributed by atoms with Gasteiger partial charge in [0.15, 0.2) is 0 Å². The number of carbonyl (C=O) groups excluding carboxylic acids is 1. The van der Waals surface area contributed by atoms with Crippen molar-refractivity contribution in [2.75, 3.05) is 13.6 Å². The Morgan fingerprint density at radius 2 is 1.82 bits per heavy atom. The van der Waals surface area contributed by atoms with E-state index in [-0.39, 0.29) is 17.3 Å². The summed E-state index contributed by atoms with van der Waals surface area (Å²) < 4.78 is 1.52. The number of amidine groups is 1. The number of hydrogen-bond acceptors (Lipinski definition) is 5. The Hall–Kier alpha value is -4.01. The van der Waals surface area contributed by atoms with E-state index < -0.39 is 17.9 Å². The van der Waals surface area contributed by atoms with Gasteiger partial charge in [0, 0.05) is 26.1 Å². The number of nitrogen functional groups attached to an aromatic ring is 1. The first-order valence-corrected chi connectivity index (χ1v) is 10.3. The van der Waals surface area contributed by atoms with Gasteiger partial charge in [-0.25, -0.2) is 4.98 Å². The van der Waals surface area contributed by atoms with Gasteiger partial charge in [-0.1, -0.05) is 30.3 Å². The fourth-order valence-corrected chi connectivity index (χ4v) is 3.77. The second-order valence-electron chi connectivity index (χ2n) is 8.59. The predicted molar refractivity (Wildman–Crippen MR) is 126 cm³/mol. The fraction of sp³-hybridized carbons (Fsp3) is 0.292. The largest absolute Gasteiger partial charge is 0.480 e. The molecule has 0 unspecified atom stereocenters. The Morgan fingerprint density at radius 1 is 1.18 bits per heavy atom. The summed E-state index contributed by atoms with van der Waals surface area (Å²) in [7, 11) is 3.13. The molecular weight excluding hydrogens is 422 g/mol. The van der Waals surface area contributed by atoms with Crippen molar-refractivity contribution in [2.24, 2.45) is 12.8 Å².